The second-order valence-electron chi connectivity index (χ2n) is 8.75. The first-order valence-electron chi connectivity index (χ1n) is 11.3. The minimum Gasteiger partial charge on any atom is -0.382 e. The van der Waals surface area contributed by atoms with Crippen LogP contribution < -0.4 is 20.4 Å². The number of amides is 2. The van der Waals surface area contributed by atoms with Crippen molar-refractivity contribution in [2.75, 3.05) is 46.6 Å². The third-order valence-corrected chi connectivity index (χ3v) is 6.03. The second-order valence-corrected chi connectivity index (χ2v) is 8.75. The number of carbonyl (C=O) groups is 1. The number of urea groups is 1. The van der Waals surface area contributed by atoms with E-state index in [2.05, 4.69) is 20.6 Å². The number of aromatic nitrogens is 2. The normalized spacial score (nSPS) is 19.2. The van der Waals surface area contributed by atoms with Gasteiger partial charge in [0.1, 0.15) is 11.6 Å². The van der Waals surface area contributed by atoms with Gasteiger partial charge in [0.05, 0.1) is 11.6 Å². The Kier molecular flexibility index (Phi) is 6.62. The number of hydrogen-bond acceptors (Lipinski definition) is 5. The molecule has 0 radical (unpaired) electrons. The number of nitrogens with zero attached hydrogens (tertiary/aromatic N) is 4. The van der Waals surface area contributed by atoms with Crippen molar-refractivity contribution in [1.29, 1.82) is 0 Å². The van der Waals surface area contributed by atoms with E-state index in [-0.39, 0.29) is 19.0 Å². The number of fused-ring (bicyclic) bond motifs is 1. The van der Waals surface area contributed by atoms with Gasteiger partial charge in [-0.1, -0.05) is 0 Å². The average molecular weight is 463 g/mol. The minimum absolute atomic E-state index is 0.124. The van der Waals surface area contributed by atoms with Crippen molar-refractivity contribution in [2.24, 2.45) is 5.92 Å². The molecule has 2 aliphatic heterocycles. The van der Waals surface area contributed by atoms with E-state index in [9.17, 15) is 18.0 Å². The first kappa shape index (κ1) is 23.1. The number of halogens is 3. The summed E-state index contributed by atoms with van der Waals surface area (Å²) in [4.78, 5) is 25.5. The van der Waals surface area contributed by atoms with Gasteiger partial charge in [-0.15, -0.1) is 0 Å². The van der Waals surface area contributed by atoms with Crippen LogP contribution in [0.1, 0.15) is 36.9 Å². The molecule has 2 amide bonds. The Hall–Kier alpha value is -3.04. The molecule has 7 nitrogen and oxygen atoms in total. The van der Waals surface area contributed by atoms with E-state index < -0.39 is 12.1 Å². The third-order valence-electron chi connectivity index (χ3n) is 6.03. The van der Waals surface area contributed by atoms with E-state index >= 15 is 0 Å². The van der Waals surface area contributed by atoms with Gasteiger partial charge in [0.15, 0.2) is 5.82 Å². The topological polar surface area (TPSA) is 73.4 Å². The van der Waals surface area contributed by atoms with E-state index in [4.69, 9.17) is 0 Å². The van der Waals surface area contributed by atoms with Gasteiger partial charge in [0.25, 0.3) is 0 Å². The SMILES string of the molecule is Cc1cc(C)nc(NC(=O)N2CCCCNc3ccc(N4CCCC(C(F)(F)F)C4)nc32)c1. The Labute approximate surface area is 191 Å². The predicted octanol–water partition coefficient (Wildman–Crippen LogP) is 5.12. The van der Waals surface area contributed by atoms with E-state index in [0.29, 0.717) is 42.7 Å². The standard InChI is InChI=1S/C23H29F3N6O/c1-15-12-16(2)28-19(13-15)29-22(33)32-11-4-3-9-27-18-7-8-20(30-21(18)32)31-10-5-6-17(14-31)23(24,25)26/h7-8,12-13,17,27H,3-6,9-11,14H2,1-2H3,(H,28,29,33). The molecule has 178 valence electrons. The molecule has 0 saturated carbocycles. The van der Waals surface area contributed by atoms with Gasteiger partial charge in [0, 0.05) is 31.9 Å². The Morgan fingerprint density at radius 1 is 1.12 bits per heavy atom. The summed E-state index contributed by atoms with van der Waals surface area (Å²) in [7, 11) is 0. The summed E-state index contributed by atoms with van der Waals surface area (Å²) in [5.41, 5.74) is 2.47. The van der Waals surface area contributed by atoms with E-state index in [1.807, 2.05) is 19.9 Å². The summed E-state index contributed by atoms with van der Waals surface area (Å²) in [6, 6.07) is 6.88. The summed E-state index contributed by atoms with van der Waals surface area (Å²) in [6.45, 7) is 5.36. The lowest BCUT2D eigenvalue weighted by Gasteiger charge is -2.35. The first-order chi connectivity index (χ1) is 15.7. The van der Waals surface area contributed by atoms with Crippen LogP contribution >= 0.6 is 0 Å². The van der Waals surface area contributed by atoms with Crippen LogP contribution in [0.15, 0.2) is 24.3 Å². The molecule has 1 unspecified atom stereocenters. The summed E-state index contributed by atoms with van der Waals surface area (Å²) < 4.78 is 39.9. The molecule has 1 saturated heterocycles. The highest BCUT2D eigenvalue weighted by atomic mass is 19.4. The smallest absolute Gasteiger partial charge is 0.382 e. The molecule has 4 heterocycles. The van der Waals surface area contributed by atoms with Gasteiger partial charge in [-0.25, -0.2) is 14.8 Å². The fraction of sp³-hybridized carbons (Fsp3) is 0.522. The fourth-order valence-corrected chi connectivity index (χ4v) is 4.41. The predicted molar refractivity (Wildman–Crippen MR) is 123 cm³/mol. The average Bonchev–Trinajstić information content (AvgIpc) is 2.73. The number of piperidine rings is 1. The van der Waals surface area contributed by atoms with E-state index in [1.165, 1.54) is 0 Å². The highest BCUT2D eigenvalue weighted by Gasteiger charge is 2.42. The highest BCUT2D eigenvalue weighted by molar-refractivity contribution is 6.02. The van der Waals surface area contributed by atoms with Crippen molar-refractivity contribution in [3.63, 3.8) is 0 Å². The zero-order valence-electron chi connectivity index (χ0n) is 18.9. The highest BCUT2D eigenvalue weighted by Crippen LogP contribution is 2.36. The summed E-state index contributed by atoms with van der Waals surface area (Å²) in [5, 5.41) is 6.15. The number of anilines is 4. The molecule has 2 N–H and O–H groups in total. The van der Waals surface area contributed by atoms with Crippen LogP contribution in [0.3, 0.4) is 0 Å². The lowest BCUT2D eigenvalue weighted by atomic mass is 9.97. The molecule has 0 aromatic carbocycles. The summed E-state index contributed by atoms with van der Waals surface area (Å²) >= 11 is 0. The van der Waals surface area contributed by atoms with Crippen LogP contribution in [0.5, 0.6) is 0 Å². The van der Waals surface area contributed by atoms with Gasteiger partial charge in [-0.3, -0.25) is 10.2 Å². The molecule has 0 spiro atoms. The Morgan fingerprint density at radius 3 is 2.70 bits per heavy atom. The molecule has 10 heteroatoms. The van der Waals surface area contributed by atoms with Crippen molar-refractivity contribution in [3.8, 4) is 0 Å². The van der Waals surface area contributed by atoms with Crippen LogP contribution in [0.25, 0.3) is 0 Å². The van der Waals surface area contributed by atoms with Crippen LogP contribution in [-0.2, 0) is 0 Å². The van der Waals surface area contributed by atoms with Crippen LogP contribution in [0.2, 0.25) is 0 Å². The summed E-state index contributed by atoms with van der Waals surface area (Å²) in [5.74, 6) is -0.0481. The van der Waals surface area contributed by atoms with Crippen molar-refractivity contribution < 1.29 is 18.0 Å². The number of rotatable bonds is 2. The summed E-state index contributed by atoms with van der Waals surface area (Å²) in [6.07, 6.45) is -2.00. The Balaban J connectivity index is 1.62. The largest absolute Gasteiger partial charge is 0.393 e. The number of hydrogen-bond donors (Lipinski definition) is 2. The lowest BCUT2D eigenvalue weighted by molar-refractivity contribution is -0.176. The molecule has 2 aromatic rings. The van der Waals surface area contributed by atoms with Crippen molar-refractivity contribution in [2.45, 2.75) is 45.7 Å². The molecule has 1 fully saturated rings. The number of aryl methyl sites for hydroxylation is 2. The first-order valence-corrected chi connectivity index (χ1v) is 11.3. The van der Waals surface area contributed by atoms with Crippen molar-refractivity contribution in [3.05, 3.63) is 35.5 Å². The molecule has 2 aromatic heterocycles. The van der Waals surface area contributed by atoms with Gasteiger partial charge >= 0.3 is 12.2 Å². The number of nitrogens with one attached hydrogen (secondary N) is 2. The van der Waals surface area contributed by atoms with E-state index in [0.717, 1.165) is 30.6 Å². The number of pyridine rings is 2. The van der Waals surface area contributed by atoms with Crippen molar-refractivity contribution in [1.82, 2.24) is 9.97 Å². The minimum atomic E-state index is -4.23. The zero-order chi connectivity index (χ0) is 23.6. The fourth-order valence-electron chi connectivity index (χ4n) is 4.41. The van der Waals surface area contributed by atoms with Gasteiger partial charge in [0.2, 0.25) is 0 Å². The van der Waals surface area contributed by atoms with Gasteiger partial charge in [-0.2, -0.15) is 13.2 Å². The maximum absolute atomic E-state index is 13.3. The zero-order valence-corrected chi connectivity index (χ0v) is 18.9. The second kappa shape index (κ2) is 9.44. The molecule has 0 bridgehead atoms. The Morgan fingerprint density at radius 2 is 1.94 bits per heavy atom. The van der Waals surface area contributed by atoms with Crippen LogP contribution in [0, 0.1) is 19.8 Å². The van der Waals surface area contributed by atoms with Gasteiger partial charge < -0.3 is 10.2 Å². The Bertz CT molecular complexity index is 992. The molecule has 4 rings (SSSR count). The van der Waals surface area contributed by atoms with Crippen LogP contribution in [0.4, 0.5) is 41.1 Å². The maximum Gasteiger partial charge on any atom is 0.393 e. The van der Waals surface area contributed by atoms with Crippen LogP contribution in [-0.4, -0.2) is 48.4 Å². The molecule has 2 aliphatic rings. The van der Waals surface area contributed by atoms with Gasteiger partial charge in [-0.05, 0) is 69.4 Å². The quantitative estimate of drug-likeness (QED) is 0.648. The third kappa shape index (κ3) is 5.48. The number of carbonyl (C=O) groups excluding carboxylic acids is 1. The lowest BCUT2D eigenvalue weighted by Crippen LogP contribution is -2.42. The van der Waals surface area contributed by atoms with E-state index in [1.54, 1.807) is 28.0 Å². The number of alkyl halides is 3. The maximum atomic E-state index is 13.3. The molecule has 33 heavy (non-hydrogen) atoms. The molecule has 1 atom stereocenters. The molecular weight excluding hydrogens is 433 g/mol. The van der Waals surface area contributed by atoms with Crippen molar-refractivity contribution >= 4 is 29.2 Å². The molecule has 0 aliphatic carbocycles. The molecular formula is C23H29F3N6O. The monoisotopic (exact) mass is 462 g/mol.